The molecule has 108 valence electrons. The lowest BCUT2D eigenvalue weighted by molar-refractivity contribution is -0.0119. The minimum atomic E-state index is -0.291. The van der Waals surface area contributed by atoms with Gasteiger partial charge in [-0.2, -0.15) is 0 Å². The zero-order valence-electron chi connectivity index (χ0n) is 11.8. The monoisotopic (exact) mass is 301 g/mol. The number of halogens is 1. The van der Waals surface area contributed by atoms with Gasteiger partial charge in [-0.1, -0.05) is 41.9 Å². The van der Waals surface area contributed by atoms with Gasteiger partial charge in [-0.3, -0.25) is 4.79 Å². The quantitative estimate of drug-likeness (QED) is 0.862. The first kappa shape index (κ1) is 14.1. The molecule has 3 rings (SSSR count). The Balaban J connectivity index is 1.77. The van der Waals surface area contributed by atoms with E-state index in [0.717, 1.165) is 28.1 Å². The Kier molecular flexibility index (Phi) is 3.95. The number of carbonyl (C=O) groups is 1. The standard InChI is InChI=1S/C17H16ClNO2/c1-21-17-15-5-3-2-4-14(15)16(20)19(17)11-10-12-6-8-13(18)9-7-12/h2-9,17H,10-11H2,1H3/t17-/m1/s1. The maximum Gasteiger partial charge on any atom is 0.256 e. The van der Waals surface area contributed by atoms with Crippen LogP contribution in [0.1, 0.15) is 27.7 Å². The number of methoxy groups -OCH3 is 1. The summed E-state index contributed by atoms with van der Waals surface area (Å²) < 4.78 is 5.51. The second-order valence-electron chi connectivity index (χ2n) is 5.05. The Morgan fingerprint density at radius 2 is 1.86 bits per heavy atom. The van der Waals surface area contributed by atoms with Crippen LogP contribution in [-0.2, 0) is 11.2 Å². The Labute approximate surface area is 129 Å². The Bertz CT molecular complexity index is 654. The van der Waals surface area contributed by atoms with Gasteiger partial charge in [0.05, 0.1) is 0 Å². The molecule has 1 aliphatic rings. The van der Waals surface area contributed by atoms with Crippen molar-refractivity contribution in [2.45, 2.75) is 12.6 Å². The van der Waals surface area contributed by atoms with Crippen molar-refractivity contribution in [1.29, 1.82) is 0 Å². The largest absolute Gasteiger partial charge is 0.357 e. The summed E-state index contributed by atoms with van der Waals surface area (Å²) in [6.07, 6.45) is 0.484. The molecule has 0 unspecified atom stereocenters. The van der Waals surface area contributed by atoms with Crippen molar-refractivity contribution in [2.24, 2.45) is 0 Å². The molecule has 0 saturated heterocycles. The van der Waals surface area contributed by atoms with Crippen molar-refractivity contribution in [3.63, 3.8) is 0 Å². The van der Waals surface area contributed by atoms with Crippen molar-refractivity contribution >= 4 is 17.5 Å². The van der Waals surface area contributed by atoms with Crippen molar-refractivity contribution in [1.82, 2.24) is 4.90 Å². The zero-order valence-corrected chi connectivity index (χ0v) is 12.5. The van der Waals surface area contributed by atoms with Gasteiger partial charge in [0, 0.05) is 29.8 Å². The van der Waals surface area contributed by atoms with Crippen LogP contribution >= 0.6 is 11.6 Å². The van der Waals surface area contributed by atoms with E-state index >= 15 is 0 Å². The van der Waals surface area contributed by atoms with Gasteiger partial charge in [0.2, 0.25) is 0 Å². The molecule has 0 fully saturated rings. The van der Waals surface area contributed by atoms with E-state index in [-0.39, 0.29) is 12.1 Å². The van der Waals surface area contributed by atoms with Crippen LogP contribution in [0.15, 0.2) is 48.5 Å². The van der Waals surface area contributed by atoms with E-state index in [0.29, 0.717) is 6.54 Å². The first-order valence-corrected chi connectivity index (χ1v) is 7.25. The molecule has 0 aliphatic carbocycles. The van der Waals surface area contributed by atoms with E-state index < -0.39 is 0 Å². The van der Waals surface area contributed by atoms with Crippen LogP contribution in [0, 0.1) is 0 Å². The molecule has 0 saturated carbocycles. The highest BCUT2D eigenvalue weighted by atomic mass is 35.5. The smallest absolute Gasteiger partial charge is 0.256 e. The first-order valence-electron chi connectivity index (χ1n) is 6.88. The second-order valence-corrected chi connectivity index (χ2v) is 5.49. The lowest BCUT2D eigenvalue weighted by atomic mass is 10.1. The number of ether oxygens (including phenoxy) is 1. The van der Waals surface area contributed by atoms with Gasteiger partial charge >= 0.3 is 0 Å². The number of carbonyl (C=O) groups excluding carboxylic acids is 1. The molecular weight excluding hydrogens is 286 g/mol. The zero-order chi connectivity index (χ0) is 14.8. The fourth-order valence-corrected chi connectivity index (χ4v) is 2.84. The van der Waals surface area contributed by atoms with Crippen LogP contribution in [0.3, 0.4) is 0 Å². The first-order chi connectivity index (χ1) is 10.2. The van der Waals surface area contributed by atoms with Crippen LogP contribution in [0.4, 0.5) is 0 Å². The molecule has 0 bridgehead atoms. The van der Waals surface area contributed by atoms with Gasteiger partial charge in [-0.25, -0.2) is 0 Å². The number of amides is 1. The van der Waals surface area contributed by atoms with Gasteiger partial charge in [0.25, 0.3) is 5.91 Å². The van der Waals surface area contributed by atoms with E-state index in [9.17, 15) is 4.79 Å². The van der Waals surface area contributed by atoms with Gasteiger partial charge in [0.15, 0.2) is 6.23 Å². The minimum absolute atomic E-state index is 0.0337. The van der Waals surface area contributed by atoms with Crippen LogP contribution in [-0.4, -0.2) is 24.5 Å². The van der Waals surface area contributed by atoms with Gasteiger partial charge in [-0.15, -0.1) is 0 Å². The molecule has 21 heavy (non-hydrogen) atoms. The minimum Gasteiger partial charge on any atom is -0.357 e. The molecule has 0 radical (unpaired) electrons. The number of benzene rings is 2. The average Bonchev–Trinajstić information content (AvgIpc) is 2.79. The highest BCUT2D eigenvalue weighted by molar-refractivity contribution is 6.30. The topological polar surface area (TPSA) is 29.5 Å². The summed E-state index contributed by atoms with van der Waals surface area (Å²) in [6.45, 7) is 0.619. The van der Waals surface area contributed by atoms with E-state index in [1.54, 1.807) is 12.0 Å². The molecule has 4 heteroatoms. The Morgan fingerprint density at radius 3 is 2.57 bits per heavy atom. The SMILES string of the molecule is CO[C@@H]1c2ccccc2C(=O)N1CCc1ccc(Cl)cc1. The van der Waals surface area contributed by atoms with E-state index in [1.165, 1.54) is 0 Å². The summed E-state index contributed by atoms with van der Waals surface area (Å²) in [5.74, 6) is 0.0337. The highest BCUT2D eigenvalue weighted by Gasteiger charge is 2.35. The molecule has 1 atom stereocenters. The van der Waals surface area contributed by atoms with Crippen LogP contribution in [0.25, 0.3) is 0 Å². The second kappa shape index (κ2) is 5.88. The van der Waals surface area contributed by atoms with Crippen molar-refractivity contribution in [3.05, 3.63) is 70.2 Å². The summed E-state index contributed by atoms with van der Waals surface area (Å²) >= 11 is 5.88. The van der Waals surface area contributed by atoms with Crippen molar-refractivity contribution in [3.8, 4) is 0 Å². The third kappa shape index (κ3) is 2.67. The molecule has 1 heterocycles. The normalized spacial score (nSPS) is 17.1. The summed E-state index contributed by atoms with van der Waals surface area (Å²) in [6, 6.07) is 15.3. The third-order valence-electron chi connectivity index (χ3n) is 3.78. The molecular formula is C17H16ClNO2. The van der Waals surface area contributed by atoms with E-state index in [4.69, 9.17) is 16.3 Å². The molecule has 0 spiro atoms. The van der Waals surface area contributed by atoms with Crippen molar-refractivity contribution < 1.29 is 9.53 Å². The molecule has 1 amide bonds. The predicted octanol–water partition coefficient (Wildman–Crippen LogP) is 3.68. The lowest BCUT2D eigenvalue weighted by Gasteiger charge is -2.24. The number of hydrogen-bond donors (Lipinski definition) is 0. The molecule has 1 aliphatic heterocycles. The molecule has 0 aromatic heterocycles. The number of rotatable bonds is 4. The highest BCUT2D eigenvalue weighted by Crippen LogP contribution is 2.33. The van der Waals surface area contributed by atoms with E-state index in [2.05, 4.69) is 0 Å². The van der Waals surface area contributed by atoms with E-state index in [1.807, 2.05) is 48.5 Å². The number of hydrogen-bond acceptors (Lipinski definition) is 2. The predicted molar refractivity (Wildman–Crippen MR) is 82.4 cm³/mol. The maximum absolute atomic E-state index is 12.5. The maximum atomic E-state index is 12.5. The molecule has 3 nitrogen and oxygen atoms in total. The summed E-state index contributed by atoms with van der Waals surface area (Å²) in [5.41, 5.74) is 2.83. The van der Waals surface area contributed by atoms with Gasteiger partial charge < -0.3 is 9.64 Å². The lowest BCUT2D eigenvalue weighted by Crippen LogP contribution is -2.31. The summed E-state index contributed by atoms with van der Waals surface area (Å²) in [5, 5.41) is 0.721. The van der Waals surface area contributed by atoms with Crippen molar-refractivity contribution in [2.75, 3.05) is 13.7 Å². The number of nitrogens with zero attached hydrogens (tertiary/aromatic N) is 1. The summed E-state index contributed by atoms with van der Waals surface area (Å²) in [4.78, 5) is 14.2. The Hall–Kier alpha value is -1.84. The summed E-state index contributed by atoms with van der Waals surface area (Å²) in [7, 11) is 1.63. The fourth-order valence-electron chi connectivity index (χ4n) is 2.71. The Morgan fingerprint density at radius 1 is 1.14 bits per heavy atom. The van der Waals surface area contributed by atoms with Gasteiger partial charge in [0.1, 0.15) is 0 Å². The van der Waals surface area contributed by atoms with Crippen LogP contribution in [0.2, 0.25) is 5.02 Å². The average molecular weight is 302 g/mol. The third-order valence-corrected chi connectivity index (χ3v) is 4.03. The van der Waals surface area contributed by atoms with Crippen LogP contribution < -0.4 is 0 Å². The molecule has 2 aromatic rings. The molecule has 0 N–H and O–H groups in total. The van der Waals surface area contributed by atoms with Crippen LogP contribution in [0.5, 0.6) is 0 Å². The van der Waals surface area contributed by atoms with Gasteiger partial charge in [-0.05, 0) is 30.2 Å². The molecule has 2 aromatic carbocycles. The fraction of sp³-hybridized carbons (Fsp3) is 0.235. The number of fused-ring (bicyclic) bond motifs is 1.